The molecule has 0 bridgehead atoms. The van der Waals surface area contributed by atoms with Crippen molar-refractivity contribution < 1.29 is 4.74 Å². The van der Waals surface area contributed by atoms with Gasteiger partial charge in [-0.25, -0.2) is 4.98 Å². The molecule has 0 radical (unpaired) electrons. The van der Waals surface area contributed by atoms with Gasteiger partial charge in [-0.15, -0.1) is 0 Å². The summed E-state index contributed by atoms with van der Waals surface area (Å²) in [4.78, 5) is 12.1. The minimum atomic E-state index is -0.129. The number of hydrogen-bond acceptors (Lipinski definition) is 5. The zero-order valence-corrected chi connectivity index (χ0v) is 8.92. The van der Waals surface area contributed by atoms with Gasteiger partial charge in [-0.05, 0) is 17.7 Å². The number of aromatic nitrogens is 4. The number of anilines is 1. The Labute approximate surface area is 95.7 Å². The SMILES string of the molecule is Nc1nc(Cl)nc2c1ncn2[C@H]1CC=CO1. The fraction of sp³-hybridized carbons (Fsp3) is 0.222. The van der Waals surface area contributed by atoms with Crippen molar-refractivity contribution in [1.82, 2.24) is 19.5 Å². The van der Waals surface area contributed by atoms with Crippen molar-refractivity contribution in [2.75, 3.05) is 5.73 Å². The van der Waals surface area contributed by atoms with Crippen molar-refractivity contribution in [3.05, 3.63) is 23.9 Å². The van der Waals surface area contributed by atoms with Gasteiger partial charge in [0.15, 0.2) is 17.7 Å². The van der Waals surface area contributed by atoms with E-state index in [9.17, 15) is 0 Å². The van der Waals surface area contributed by atoms with E-state index in [0.29, 0.717) is 11.2 Å². The average molecular weight is 238 g/mol. The molecule has 0 fully saturated rings. The van der Waals surface area contributed by atoms with Crippen LogP contribution in [0.1, 0.15) is 12.6 Å². The van der Waals surface area contributed by atoms with Gasteiger partial charge in [-0.3, -0.25) is 4.57 Å². The number of fused-ring (bicyclic) bond motifs is 1. The maximum Gasteiger partial charge on any atom is 0.226 e. The van der Waals surface area contributed by atoms with E-state index >= 15 is 0 Å². The topological polar surface area (TPSA) is 78.9 Å². The highest BCUT2D eigenvalue weighted by atomic mass is 35.5. The van der Waals surface area contributed by atoms with Crippen LogP contribution in [-0.4, -0.2) is 19.5 Å². The van der Waals surface area contributed by atoms with Crippen molar-refractivity contribution in [2.24, 2.45) is 0 Å². The van der Waals surface area contributed by atoms with Crippen LogP contribution in [0, 0.1) is 0 Å². The Morgan fingerprint density at radius 2 is 2.38 bits per heavy atom. The molecule has 1 aliphatic heterocycles. The van der Waals surface area contributed by atoms with Gasteiger partial charge in [0.25, 0.3) is 0 Å². The summed E-state index contributed by atoms with van der Waals surface area (Å²) < 4.78 is 7.17. The average Bonchev–Trinajstić information content (AvgIpc) is 2.83. The summed E-state index contributed by atoms with van der Waals surface area (Å²) in [7, 11) is 0. The summed E-state index contributed by atoms with van der Waals surface area (Å²) in [6.07, 6.45) is 5.86. The Morgan fingerprint density at radius 3 is 3.12 bits per heavy atom. The summed E-state index contributed by atoms with van der Waals surface area (Å²) in [6.45, 7) is 0. The number of nitrogens with two attached hydrogens (primary N) is 1. The van der Waals surface area contributed by atoms with E-state index in [2.05, 4.69) is 15.0 Å². The molecule has 0 aromatic carbocycles. The van der Waals surface area contributed by atoms with Crippen LogP contribution in [-0.2, 0) is 4.74 Å². The second kappa shape index (κ2) is 3.34. The van der Waals surface area contributed by atoms with E-state index in [1.807, 2.05) is 6.08 Å². The number of halogens is 1. The van der Waals surface area contributed by atoms with Crippen molar-refractivity contribution in [2.45, 2.75) is 12.6 Å². The van der Waals surface area contributed by atoms with Crippen molar-refractivity contribution in [1.29, 1.82) is 0 Å². The number of ether oxygens (including phenoxy) is 1. The smallest absolute Gasteiger partial charge is 0.226 e. The summed E-state index contributed by atoms with van der Waals surface area (Å²) in [6, 6.07) is 0. The second-order valence-corrected chi connectivity index (χ2v) is 3.74. The highest BCUT2D eigenvalue weighted by Gasteiger charge is 2.19. The van der Waals surface area contributed by atoms with Gasteiger partial charge in [0.1, 0.15) is 11.8 Å². The lowest BCUT2D eigenvalue weighted by Gasteiger charge is -2.11. The van der Waals surface area contributed by atoms with E-state index in [1.54, 1.807) is 17.2 Å². The predicted molar refractivity (Wildman–Crippen MR) is 58.6 cm³/mol. The van der Waals surface area contributed by atoms with Gasteiger partial charge < -0.3 is 10.5 Å². The maximum absolute atomic E-state index is 5.76. The predicted octanol–water partition coefficient (Wildman–Crippen LogP) is 1.49. The molecule has 0 unspecified atom stereocenters. The Bertz CT molecular complexity index is 571. The van der Waals surface area contributed by atoms with Crippen LogP contribution in [0.4, 0.5) is 5.82 Å². The Hall–Kier alpha value is -1.82. The molecule has 0 aliphatic carbocycles. The normalized spacial score (nSPS) is 19.2. The third-order valence-corrected chi connectivity index (χ3v) is 2.57. The highest BCUT2D eigenvalue weighted by Crippen LogP contribution is 2.26. The molecule has 0 saturated heterocycles. The van der Waals surface area contributed by atoms with E-state index in [4.69, 9.17) is 22.1 Å². The fourth-order valence-electron chi connectivity index (χ4n) is 1.67. The van der Waals surface area contributed by atoms with Gasteiger partial charge in [-0.2, -0.15) is 9.97 Å². The first-order valence-electron chi connectivity index (χ1n) is 4.72. The molecule has 3 heterocycles. The van der Waals surface area contributed by atoms with Crippen LogP contribution in [0.5, 0.6) is 0 Å². The first kappa shape index (κ1) is 9.41. The molecular weight excluding hydrogens is 230 g/mol. The number of imidazole rings is 1. The monoisotopic (exact) mass is 237 g/mol. The summed E-state index contributed by atoms with van der Waals surface area (Å²) in [5, 5.41) is 0.109. The zero-order valence-electron chi connectivity index (χ0n) is 8.17. The van der Waals surface area contributed by atoms with Gasteiger partial charge in [0.05, 0.1) is 6.26 Å². The van der Waals surface area contributed by atoms with Gasteiger partial charge >= 0.3 is 0 Å². The molecule has 6 nitrogen and oxygen atoms in total. The molecule has 82 valence electrons. The van der Waals surface area contributed by atoms with Crippen LogP contribution >= 0.6 is 11.6 Å². The number of nitrogens with zero attached hydrogens (tertiary/aromatic N) is 4. The molecular formula is C9H8ClN5O. The lowest BCUT2D eigenvalue weighted by molar-refractivity contribution is 0.108. The van der Waals surface area contributed by atoms with E-state index in [0.717, 1.165) is 6.42 Å². The van der Waals surface area contributed by atoms with E-state index in [-0.39, 0.29) is 17.3 Å². The largest absolute Gasteiger partial charge is 0.478 e. The van der Waals surface area contributed by atoms with E-state index < -0.39 is 0 Å². The molecule has 0 amide bonds. The van der Waals surface area contributed by atoms with Crippen LogP contribution in [0.25, 0.3) is 11.2 Å². The Morgan fingerprint density at radius 1 is 1.50 bits per heavy atom. The first-order valence-corrected chi connectivity index (χ1v) is 5.09. The van der Waals surface area contributed by atoms with Crippen molar-refractivity contribution in [3.63, 3.8) is 0 Å². The minimum Gasteiger partial charge on any atom is -0.478 e. The molecule has 1 atom stereocenters. The lowest BCUT2D eigenvalue weighted by atomic mass is 10.4. The molecule has 3 rings (SSSR count). The van der Waals surface area contributed by atoms with Gasteiger partial charge in [0, 0.05) is 6.42 Å². The van der Waals surface area contributed by atoms with Crippen molar-refractivity contribution in [3.8, 4) is 0 Å². The van der Waals surface area contributed by atoms with Crippen LogP contribution < -0.4 is 5.73 Å². The maximum atomic E-state index is 5.76. The molecule has 2 aromatic rings. The zero-order chi connectivity index (χ0) is 11.1. The molecule has 0 spiro atoms. The summed E-state index contributed by atoms with van der Waals surface area (Å²) in [5.41, 5.74) is 6.83. The second-order valence-electron chi connectivity index (χ2n) is 3.40. The molecule has 16 heavy (non-hydrogen) atoms. The lowest BCUT2D eigenvalue weighted by Crippen LogP contribution is -2.07. The minimum absolute atomic E-state index is 0.109. The third-order valence-electron chi connectivity index (χ3n) is 2.40. The summed E-state index contributed by atoms with van der Waals surface area (Å²) in [5.74, 6) is 0.278. The molecule has 0 saturated carbocycles. The Kier molecular flexibility index (Phi) is 1.97. The quantitative estimate of drug-likeness (QED) is 0.761. The number of rotatable bonds is 1. The van der Waals surface area contributed by atoms with Gasteiger partial charge in [0.2, 0.25) is 5.28 Å². The van der Waals surface area contributed by atoms with E-state index in [1.165, 1.54) is 0 Å². The fourth-order valence-corrected chi connectivity index (χ4v) is 1.85. The van der Waals surface area contributed by atoms with Crippen LogP contribution in [0.3, 0.4) is 0 Å². The first-order chi connectivity index (χ1) is 7.75. The number of nitrogen functional groups attached to an aromatic ring is 1. The Balaban J connectivity index is 2.18. The summed E-state index contributed by atoms with van der Waals surface area (Å²) >= 11 is 5.76. The molecule has 1 aliphatic rings. The van der Waals surface area contributed by atoms with Gasteiger partial charge in [-0.1, -0.05) is 0 Å². The molecule has 2 N–H and O–H groups in total. The highest BCUT2D eigenvalue weighted by molar-refractivity contribution is 6.28. The van der Waals surface area contributed by atoms with Crippen molar-refractivity contribution >= 4 is 28.6 Å². The molecule has 2 aromatic heterocycles. The van der Waals surface area contributed by atoms with Crippen LogP contribution in [0.15, 0.2) is 18.7 Å². The standard InChI is InChI=1S/C9H8ClN5O/c10-9-13-7(11)6-8(14-9)15(4-12-6)5-2-1-3-16-5/h1,3-5H,2H2,(H2,11,13,14)/t5-/m1/s1. The van der Waals surface area contributed by atoms with Crippen LogP contribution in [0.2, 0.25) is 5.28 Å². The third kappa shape index (κ3) is 1.30. The molecule has 7 heteroatoms. The number of hydrogen-bond donors (Lipinski definition) is 1.